The standard InChI is InChI=1S/C13H24N6O/c1-4-8-14-10-15-11(17-12(16-10)19(2)3)18-13(9-20)6-5-7-13/h20H,4-9H2,1-3H3,(H2,14,15,16,17,18). The molecule has 1 aromatic rings. The van der Waals surface area contributed by atoms with E-state index in [9.17, 15) is 5.11 Å². The zero-order chi connectivity index (χ0) is 14.6. The van der Waals surface area contributed by atoms with Crippen LogP contribution in [0.3, 0.4) is 0 Å². The normalized spacial score (nSPS) is 16.4. The van der Waals surface area contributed by atoms with Gasteiger partial charge in [0, 0.05) is 20.6 Å². The maximum Gasteiger partial charge on any atom is 0.231 e. The van der Waals surface area contributed by atoms with E-state index in [-0.39, 0.29) is 12.1 Å². The van der Waals surface area contributed by atoms with Crippen LogP contribution < -0.4 is 15.5 Å². The monoisotopic (exact) mass is 280 g/mol. The van der Waals surface area contributed by atoms with Crippen LogP contribution in [0.25, 0.3) is 0 Å². The third-order valence-electron chi connectivity index (χ3n) is 3.55. The number of nitrogens with zero attached hydrogens (tertiary/aromatic N) is 4. The van der Waals surface area contributed by atoms with Gasteiger partial charge >= 0.3 is 0 Å². The molecular weight excluding hydrogens is 256 g/mol. The largest absolute Gasteiger partial charge is 0.394 e. The molecule has 0 unspecified atom stereocenters. The van der Waals surface area contributed by atoms with Gasteiger partial charge < -0.3 is 20.6 Å². The molecule has 0 amide bonds. The Morgan fingerprint density at radius 2 is 1.90 bits per heavy atom. The van der Waals surface area contributed by atoms with E-state index in [0.29, 0.717) is 17.8 Å². The summed E-state index contributed by atoms with van der Waals surface area (Å²) in [5.74, 6) is 1.70. The first kappa shape index (κ1) is 14.8. The Bertz CT molecular complexity index is 441. The SMILES string of the molecule is CCCNc1nc(NC2(CO)CCC2)nc(N(C)C)n1. The molecule has 1 aliphatic rings. The lowest BCUT2D eigenvalue weighted by Crippen LogP contribution is -2.48. The van der Waals surface area contributed by atoms with Crippen LogP contribution in [-0.2, 0) is 0 Å². The van der Waals surface area contributed by atoms with Gasteiger partial charge in [0.1, 0.15) is 0 Å². The van der Waals surface area contributed by atoms with Crippen molar-refractivity contribution >= 4 is 17.8 Å². The van der Waals surface area contributed by atoms with Crippen molar-refractivity contribution in [1.29, 1.82) is 0 Å². The van der Waals surface area contributed by atoms with Crippen LogP contribution in [0, 0.1) is 0 Å². The van der Waals surface area contributed by atoms with Gasteiger partial charge in [0.15, 0.2) is 0 Å². The van der Waals surface area contributed by atoms with Gasteiger partial charge in [-0.15, -0.1) is 0 Å². The number of nitrogens with one attached hydrogen (secondary N) is 2. The van der Waals surface area contributed by atoms with Crippen molar-refractivity contribution in [2.75, 3.05) is 42.8 Å². The van der Waals surface area contributed by atoms with E-state index in [4.69, 9.17) is 0 Å². The minimum atomic E-state index is -0.257. The van der Waals surface area contributed by atoms with E-state index in [1.807, 2.05) is 19.0 Å². The molecular formula is C13H24N6O. The summed E-state index contributed by atoms with van der Waals surface area (Å²) in [5.41, 5.74) is -0.257. The number of aliphatic hydroxyl groups excluding tert-OH is 1. The summed E-state index contributed by atoms with van der Waals surface area (Å²) in [5, 5.41) is 16.0. The zero-order valence-corrected chi connectivity index (χ0v) is 12.5. The third kappa shape index (κ3) is 3.27. The Kier molecular flexibility index (Phi) is 4.59. The van der Waals surface area contributed by atoms with Crippen LogP contribution in [0.1, 0.15) is 32.6 Å². The molecule has 1 fully saturated rings. The third-order valence-corrected chi connectivity index (χ3v) is 3.55. The van der Waals surface area contributed by atoms with Crippen molar-refractivity contribution in [3.63, 3.8) is 0 Å². The summed E-state index contributed by atoms with van der Waals surface area (Å²) in [6.45, 7) is 3.02. The first-order valence-electron chi connectivity index (χ1n) is 7.15. The van der Waals surface area contributed by atoms with Gasteiger partial charge in [0.2, 0.25) is 17.8 Å². The minimum Gasteiger partial charge on any atom is -0.394 e. The highest BCUT2D eigenvalue weighted by molar-refractivity contribution is 5.44. The second-order valence-corrected chi connectivity index (χ2v) is 5.52. The predicted octanol–water partition coefficient (Wildman–Crippen LogP) is 1.09. The minimum absolute atomic E-state index is 0.105. The van der Waals surface area contributed by atoms with Crippen molar-refractivity contribution in [3.8, 4) is 0 Å². The lowest BCUT2D eigenvalue weighted by molar-refractivity contribution is 0.143. The van der Waals surface area contributed by atoms with Crippen molar-refractivity contribution in [1.82, 2.24) is 15.0 Å². The number of anilines is 3. The van der Waals surface area contributed by atoms with E-state index in [1.54, 1.807) is 0 Å². The van der Waals surface area contributed by atoms with E-state index in [1.165, 1.54) is 0 Å². The molecule has 1 saturated carbocycles. The molecule has 112 valence electrons. The van der Waals surface area contributed by atoms with Crippen molar-refractivity contribution in [2.24, 2.45) is 0 Å². The van der Waals surface area contributed by atoms with E-state index in [2.05, 4.69) is 32.5 Å². The molecule has 0 spiro atoms. The summed E-state index contributed by atoms with van der Waals surface area (Å²) in [4.78, 5) is 15.0. The summed E-state index contributed by atoms with van der Waals surface area (Å²) < 4.78 is 0. The van der Waals surface area contributed by atoms with Gasteiger partial charge in [0.05, 0.1) is 12.1 Å². The molecule has 0 aliphatic heterocycles. The molecule has 1 aromatic heterocycles. The maximum atomic E-state index is 9.53. The molecule has 20 heavy (non-hydrogen) atoms. The smallest absolute Gasteiger partial charge is 0.231 e. The van der Waals surface area contributed by atoms with Crippen LogP contribution in [0.15, 0.2) is 0 Å². The predicted molar refractivity (Wildman–Crippen MR) is 80.2 cm³/mol. The van der Waals surface area contributed by atoms with Crippen LogP contribution in [0.2, 0.25) is 0 Å². The molecule has 0 atom stereocenters. The fraction of sp³-hybridized carbons (Fsp3) is 0.769. The number of aromatic nitrogens is 3. The Hall–Kier alpha value is -1.63. The molecule has 0 saturated heterocycles. The van der Waals surface area contributed by atoms with Gasteiger partial charge in [-0.05, 0) is 25.7 Å². The molecule has 0 bridgehead atoms. The quantitative estimate of drug-likeness (QED) is 0.689. The highest BCUT2D eigenvalue weighted by Crippen LogP contribution is 2.34. The number of aliphatic hydroxyl groups is 1. The summed E-state index contributed by atoms with van der Waals surface area (Å²) in [6.07, 6.45) is 4.03. The lowest BCUT2D eigenvalue weighted by Gasteiger charge is -2.40. The number of rotatable bonds is 7. The van der Waals surface area contributed by atoms with E-state index < -0.39 is 0 Å². The first-order valence-corrected chi connectivity index (χ1v) is 7.15. The van der Waals surface area contributed by atoms with Crippen molar-refractivity contribution in [2.45, 2.75) is 38.1 Å². The van der Waals surface area contributed by atoms with Crippen molar-refractivity contribution < 1.29 is 5.11 Å². The van der Waals surface area contributed by atoms with Gasteiger partial charge in [-0.3, -0.25) is 0 Å². The van der Waals surface area contributed by atoms with Gasteiger partial charge in [-0.25, -0.2) is 0 Å². The molecule has 1 heterocycles. The average Bonchev–Trinajstić information content (AvgIpc) is 2.40. The highest BCUT2D eigenvalue weighted by Gasteiger charge is 2.37. The summed E-state index contributed by atoms with van der Waals surface area (Å²) in [7, 11) is 3.79. The summed E-state index contributed by atoms with van der Waals surface area (Å²) in [6, 6.07) is 0. The van der Waals surface area contributed by atoms with Crippen LogP contribution >= 0.6 is 0 Å². The lowest BCUT2D eigenvalue weighted by atomic mass is 9.77. The molecule has 1 aliphatic carbocycles. The van der Waals surface area contributed by atoms with Gasteiger partial charge in [-0.1, -0.05) is 6.92 Å². The van der Waals surface area contributed by atoms with E-state index in [0.717, 1.165) is 32.2 Å². The van der Waals surface area contributed by atoms with Gasteiger partial charge in [-0.2, -0.15) is 15.0 Å². The molecule has 2 rings (SSSR count). The average molecular weight is 280 g/mol. The van der Waals surface area contributed by atoms with Crippen LogP contribution in [-0.4, -0.2) is 52.8 Å². The maximum absolute atomic E-state index is 9.53. The Balaban J connectivity index is 2.19. The topological polar surface area (TPSA) is 86.2 Å². The van der Waals surface area contributed by atoms with Crippen LogP contribution in [0.4, 0.5) is 17.8 Å². The van der Waals surface area contributed by atoms with Gasteiger partial charge in [0.25, 0.3) is 0 Å². The summed E-state index contributed by atoms with van der Waals surface area (Å²) >= 11 is 0. The van der Waals surface area contributed by atoms with E-state index >= 15 is 0 Å². The number of hydrogen-bond acceptors (Lipinski definition) is 7. The fourth-order valence-corrected chi connectivity index (χ4v) is 2.10. The molecule has 7 heteroatoms. The Morgan fingerprint density at radius 3 is 2.40 bits per heavy atom. The van der Waals surface area contributed by atoms with Crippen molar-refractivity contribution in [3.05, 3.63) is 0 Å². The molecule has 0 aromatic carbocycles. The second kappa shape index (κ2) is 6.21. The Morgan fingerprint density at radius 1 is 1.20 bits per heavy atom. The molecule has 0 radical (unpaired) electrons. The zero-order valence-electron chi connectivity index (χ0n) is 12.5. The molecule has 7 nitrogen and oxygen atoms in total. The second-order valence-electron chi connectivity index (χ2n) is 5.52. The molecule has 3 N–H and O–H groups in total. The first-order chi connectivity index (χ1) is 9.58. The fourth-order valence-electron chi connectivity index (χ4n) is 2.10. The Labute approximate surface area is 119 Å². The van der Waals surface area contributed by atoms with Crippen LogP contribution in [0.5, 0.6) is 0 Å². The highest BCUT2D eigenvalue weighted by atomic mass is 16.3. The number of hydrogen-bond donors (Lipinski definition) is 3.